The highest BCUT2D eigenvalue weighted by atomic mass is 19.3. The van der Waals surface area contributed by atoms with Crippen molar-refractivity contribution in [1.82, 2.24) is 0 Å². The van der Waals surface area contributed by atoms with Gasteiger partial charge in [0.1, 0.15) is 0 Å². The van der Waals surface area contributed by atoms with Gasteiger partial charge in [-0.05, 0) is 24.3 Å². The summed E-state index contributed by atoms with van der Waals surface area (Å²) >= 11 is 0. The largest absolute Gasteiger partial charge is 0.248 e. The van der Waals surface area contributed by atoms with Crippen LogP contribution in [0.3, 0.4) is 0 Å². The molecule has 2 heteroatoms. The SMILES string of the molecule is FC1(F)CCCC(c2ccccc2)C1. The van der Waals surface area contributed by atoms with Gasteiger partial charge in [0.05, 0.1) is 0 Å². The van der Waals surface area contributed by atoms with Crippen molar-refractivity contribution in [1.29, 1.82) is 0 Å². The van der Waals surface area contributed by atoms with Crippen molar-refractivity contribution in [3.05, 3.63) is 35.9 Å². The van der Waals surface area contributed by atoms with Gasteiger partial charge in [0.15, 0.2) is 0 Å². The molecule has 76 valence electrons. The van der Waals surface area contributed by atoms with Gasteiger partial charge in [-0.15, -0.1) is 0 Å². The maximum Gasteiger partial charge on any atom is 0.248 e. The Balaban J connectivity index is 2.12. The summed E-state index contributed by atoms with van der Waals surface area (Å²) in [6, 6.07) is 9.66. The van der Waals surface area contributed by atoms with Gasteiger partial charge in [-0.25, -0.2) is 8.78 Å². The summed E-state index contributed by atoms with van der Waals surface area (Å²) in [6.07, 6.45) is 1.64. The van der Waals surface area contributed by atoms with Crippen LogP contribution >= 0.6 is 0 Å². The molecule has 0 spiro atoms. The molecule has 1 aromatic rings. The summed E-state index contributed by atoms with van der Waals surface area (Å²) in [5, 5.41) is 0. The lowest BCUT2D eigenvalue weighted by molar-refractivity contribution is -0.0408. The van der Waals surface area contributed by atoms with Gasteiger partial charge in [0.25, 0.3) is 0 Å². The van der Waals surface area contributed by atoms with Crippen LogP contribution in [0.1, 0.15) is 37.2 Å². The van der Waals surface area contributed by atoms with Crippen LogP contribution in [0.2, 0.25) is 0 Å². The van der Waals surface area contributed by atoms with Crippen molar-refractivity contribution in [3.63, 3.8) is 0 Å². The minimum absolute atomic E-state index is 0.0248. The molecule has 0 aliphatic heterocycles. The third-order valence-corrected chi connectivity index (χ3v) is 2.91. The van der Waals surface area contributed by atoms with E-state index in [2.05, 4.69) is 0 Å². The van der Waals surface area contributed by atoms with Crippen molar-refractivity contribution >= 4 is 0 Å². The second kappa shape index (κ2) is 3.68. The Morgan fingerprint density at radius 3 is 2.50 bits per heavy atom. The quantitative estimate of drug-likeness (QED) is 0.637. The van der Waals surface area contributed by atoms with E-state index in [9.17, 15) is 8.78 Å². The van der Waals surface area contributed by atoms with Gasteiger partial charge in [0, 0.05) is 12.8 Å². The van der Waals surface area contributed by atoms with E-state index in [1.165, 1.54) is 0 Å². The van der Waals surface area contributed by atoms with Gasteiger partial charge < -0.3 is 0 Å². The summed E-state index contributed by atoms with van der Waals surface area (Å²) in [6.45, 7) is 0. The van der Waals surface area contributed by atoms with Crippen molar-refractivity contribution in [2.24, 2.45) is 0 Å². The van der Waals surface area contributed by atoms with Gasteiger partial charge in [-0.1, -0.05) is 30.3 Å². The summed E-state index contributed by atoms with van der Waals surface area (Å²) in [4.78, 5) is 0. The lowest BCUT2D eigenvalue weighted by Gasteiger charge is -2.29. The number of alkyl halides is 2. The van der Waals surface area contributed by atoms with E-state index in [0.29, 0.717) is 6.42 Å². The van der Waals surface area contributed by atoms with Crippen molar-refractivity contribution < 1.29 is 8.78 Å². The third-order valence-electron chi connectivity index (χ3n) is 2.91. The molecular formula is C12H14F2. The molecule has 0 nitrogen and oxygen atoms in total. The van der Waals surface area contributed by atoms with E-state index in [0.717, 1.165) is 12.0 Å². The first-order valence-corrected chi connectivity index (χ1v) is 5.10. The van der Waals surface area contributed by atoms with E-state index in [1.54, 1.807) is 0 Å². The van der Waals surface area contributed by atoms with Crippen molar-refractivity contribution in [2.45, 2.75) is 37.5 Å². The summed E-state index contributed by atoms with van der Waals surface area (Å²) < 4.78 is 26.3. The Morgan fingerprint density at radius 1 is 1.14 bits per heavy atom. The molecule has 14 heavy (non-hydrogen) atoms. The maximum atomic E-state index is 13.1. The van der Waals surface area contributed by atoms with Gasteiger partial charge >= 0.3 is 0 Å². The molecule has 0 bridgehead atoms. The molecule has 1 saturated carbocycles. The Hall–Kier alpha value is -0.920. The Bertz CT molecular complexity index is 292. The number of hydrogen-bond acceptors (Lipinski definition) is 0. The van der Waals surface area contributed by atoms with E-state index in [4.69, 9.17) is 0 Å². The maximum absolute atomic E-state index is 13.1. The van der Waals surface area contributed by atoms with Crippen LogP contribution in [0.25, 0.3) is 0 Å². The highest BCUT2D eigenvalue weighted by Gasteiger charge is 2.36. The lowest BCUT2D eigenvalue weighted by atomic mass is 9.82. The molecule has 1 aliphatic carbocycles. The highest BCUT2D eigenvalue weighted by Crippen LogP contribution is 2.41. The minimum Gasteiger partial charge on any atom is -0.207 e. The molecule has 1 aliphatic rings. The first kappa shape index (κ1) is 9.63. The van der Waals surface area contributed by atoms with Gasteiger partial charge in [-0.2, -0.15) is 0 Å². The number of hydrogen-bond donors (Lipinski definition) is 0. The summed E-state index contributed by atoms with van der Waals surface area (Å²) in [5.41, 5.74) is 1.06. The second-order valence-corrected chi connectivity index (χ2v) is 4.06. The summed E-state index contributed by atoms with van der Waals surface area (Å²) in [5.74, 6) is -2.39. The Kier molecular flexibility index (Phi) is 2.53. The highest BCUT2D eigenvalue weighted by molar-refractivity contribution is 5.20. The van der Waals surface area contributed by atoms with Crippen LogP contribution < -0.4 is 0 Å². The predicted molar refractivity (Wildman–Crippen MR) is 52.6 cm³/mol. The molecule has 0 amide bonds. The topological polar surface area (TPSA) is 0 Å². The fraction of sp³-hybridized carbons (Fsp3) is 0.500. The van der Waals surface area contributed by atoms with Crippen LogP contribution in [0.4, 0.5) is 8.78 Å². The van der Waals surface area contributed by atoms with Crippen molar-refractivity contribution in [2.75, 3.05) is 0 Å². The van der Waals surface area contributed by atoms with Crippen molar-refractivity contribution in [3.8, 4) is 0 Å². The number of halogens is 2. The van der Waals surface area contributed by atoms with Crippen LogP contribution in [-0.4, -0.2) is 5.92 Å². The lowest BCUT2D eigenvalue weighted by Crippen LogP contribution is -2.24. The minimum atomic E-state index is -2.45. The average molecular weight is 196 g/mol. The van der Waals surface area contributed by atoms with E-state index < -0.39 is 5.92 Å². The molecule has 0 saturated heterocycles. The Labute approximate surface area is 82.9 Å². The fourth-order valence-corrected chi connectivity index (χ4v) is 2.18. The zero-order chi connectivity index (χ0) is 10.0. The zero-order valence-electron chi connectivity index (χ0n) is 8.05. The second-order valence-electron chi connectivity index (χ2n) is 4.06. The molecule has 2 rings (SSSR count). The van der Waals surface area contributed by atoms with Gasteiger partial charge in [-0.3, -0.25) is 0 Å². The molecule has 0 aromatic heterocycles. The van der Waals surface area contributed by atoms with Gasteiger partial charge in [0.2, 0.25) is 5.92 Å². The standard InChI is InChI=1S/C12H14F2/c13-12(14)8-4-7-11(9-12)10-5-2-1-3-6-10/h1-3,5-6,11H,4,7-9H2. The zero-order valence-corrected chi connectivity index (χ0v) is 8.05. The van der Waals surface area contributed by atoms with E-state index in [1.807, 2.05) is 30.3 Å². The van der Waals surface area contributed by atoms with Crippen LogP contribution in [0.15, 0.2) is 30.3 Å². The molecular weight excluding hydrogens is 182 g/mol. The molecule has 1 unspecified atom stereocenters. The molecule has 1 atom stereocenters. The van der Waals surface area contributed by atoms with Crippen LogP contribution in [0.5, 0.6) is 0 Å². The van der Waals surface area contributed by atoms with E-state index >= 15 is 0 Å². The molecule has 0 radical (unpaired) electrons. The Morgan fingerprint density at radius 2 is 1.86 bits per heavy atom. The smallest absolute Gasteiger partial charge is 0.207 e. The summed E-state index contributed by atoms with van der Waals surface area (Å²) in [7, 11) is 0. The number of rotatable bonds is 1. The van der Waals surface area contributed by atoms with Crippen LogP contribution in [0, 0.1) is 0 Å². The monoisotopic (exact) mass is 196 g/mol. The molecule has 1 fully saturated rings. The normalized spacial score (nSPS) is 26.0. The van der Waals surface area contributed by atoms with E-state index in [-0.39, 0.29) is 18.8 Å². The predicted octanol–water partition coefficient (Wildman–Crippen LogP) is 3.98. The van der Waals surface area contributed by atoms with Crippen LogP contribution in [-0.2, 0) is 0 Å². The molecule has 0 heterocycles. The molecule has 1 aromatic carbocycles. The average Bonchev–Trinajstić information content (AvgIpc) is 2.18. The fourth-order valence-electron chi connectivity index (χ4n) is 2.18. The first-order valence-electron chi connectivity index (χ1n) is 5.10. The molecule has 0 N–H and O–H groups in total. The number of benzene rings is 1. The third kappa shape index (κ3) is 2.11. The first-order chi connectivity index (χ1) is 6.67.